The van der Waals surface area contributed by atoms with E-state index in [4.69, 9.17) is 0 Å². The van der Waals surface area contributed by atoms with Crippen LogP contribution in [-0.2, 0) is 0 Å². The molecule has 0 rings (SSSR count). The largest absolute Gasteiger partial charge is 0.378 e. The number of nitrogens with zero attached hydrogens (tertiary/aromatic N) is 1. The molecule has 0 radical (unpaired) electrons. The van der Waals surface area contributed by atoms with Gasteiger partial charge < -0.3 is 4.90 Å². The molecule has 0 atom stereocenters. The lowest BCUT2D eigenvalue weighted by Gasteiger charge is -2.22. The Morgan fingerprint density at radius 3 is 2.11 bits per heavy atom. The van der Waals surface area contributed by atoms with E-state index in [0.717, 1.165) is 12.3 Å². The molecule has 0 bridgehead atoms. The lowest BCUT2D eigenvalue weighted by Crippen LogP contribution is -2.18. The summed E-state index contributed by atoms with van der Waals surface area (Å²) in [4.78, 5) is 2.36. The third-order valence-corrected chi connectivity index (χ3v) is 3.65. The fraction of sp³-hybridized carbons (Fsp3) is 0.882. The first-order valence-corrected chi connectivity index (χ1v) is 7.96. The van der Waals surface area contributed by atoms with E-state index in [2.05, 4.69) is 39.3 Å². The van der Waals surface area contributed by atoms with Crippen LogP contribution >= 0.6 is 0 Å². The summed E-state index contributed by atoms with van der Waals surface area (Å²) in [6, 6.07) is 0. The third kappa shape index (κ3) is 10.7. The van der Waals surface area contributed by atoms with Gasteiger partial charge in [0.25, 0.3) is 0 Å². The fourth-order valence-electron chi connectivity index (χ4n) is 2.11. The molecular weight excluding hydrogens is 218 g/mol. The smallest absolute Gasteiger partial charge is 0.0171 e. The molecule has 0 heterocycles. The monoisotopic (exact) mass is 253 g/mol. The molecule has 0 spiro atoms. The highest BCUT2D eigenvalue weighted by atomic mass is 15.1. The maximum Gasteiger partial charge on any atom is 0.0171 e. The van der Waals surface area contributed by atoms with Gasteiger partial charge in [-0.15, -0.1) is 0 Å². The zero-order valence-corrected chi connectivity index (χ0v) is 13.3. The first kappa shape index (κ1) is 17.5. The molecule has 1 heteroatoms. The second kappa shape index (κ2) is 11.6. The normalized spacial score (nSPS) is 10.9. The van der Waals surface area contributed by atoms with Crippen LogP contribution in [0.2, 0.25) is 0 Å². The van der Waals surface area contributed by atoms with Crippen molar-refractivity contribution in [2.24, 2.45) is 5.92 Å². The molecule has 1 nitrogen and oxygen atoms in total. The molecule has 0 aromatic carbocycles. The number of allylic oxidation sites excluding steroid dienone is 1. The van der Waals surface area contributed by atoms with Gasteiger partial charge in [-0.25, -0.2) is 0 Å². The van der Waals surface area contributed by atoms with Gasteiger partial charge in [-0.1, -0.05) is 65.9 Å². The number of hydrogen-bond acceptors (Lipinski definition) is 1. The summed E-state index contributed by atoms with van der Waals surface area (Å²) < 4.78 is 0. The topological polar surface area (TPSA) is 3.24 Å². The van der Waals surface area contributed by atoms with Crippen molar-refractivity contribution < 1.29 is 0 Å². The summed E-state index contributed by atoms with van der Waals surface area (Å²) in [5, 5.41) is 0. The maximum absolute atomic E-state index is 4.19. The summed E-state index contributed by atoms with van der Waals surface area (Å²) in [6.07, 6.45) is 12.1. The quantitative estimate of drug-likeness (QED) is 0.408. The van der Waals surface area contributed by atoms with Crippen molar-refractivity contribution in [3.8, 4) is 0 Å². The summed E-state index contributed by atoms with van der Waals surface area (Å²) in [5.74, 6) is 0.786. The molecule has 0 unspecified atom stereocenters. The van der Waals surface area contributed by atoms with Crippen LogP contribution in [0.4, 0.5) is 0 Å². The lowest BCUT2D eigenvalue weighted by atomic mass is 10.1. The molecule has 0 saturated carbocycles. The molecule has 0 aromatic rings. The number of unbranched alkanes of at least 4 members (excludes halogenated alkanes) is 6. The van der Waals surface area contributed by atoms with Gasteiger partial charge in [0.15, 0.2) is 0 Å². The van der Waals surface area contributed by atoms with Gasteiger partial charge in [-0.05, 0) is 25.2 Å². The van der Waals surface area contributed by atoms with Gasteiger partial charge in [0, 0.05) is 19.3 Å². The van der Waals surface area contributed by atoms with Crippen molar-refractivity contribution in [1.82, 2.24) is 4.90 Å². The SMILES string of the molecule is C=C(CCC(C)C)N(C)CCCCCCCCC. The van der Waals surface area contributed by atoms with Gasteiger partial charge >= 0.3 is 0 Å². The number of rotatable bonds is 12. The highest BCUT2D eigenvalue weighted by molar-refractivity contribution is 4.92. The van der Waals surface area contributed by atoms with E-state index in [-0.39, 0.29) is 0 Å². The van der Waals surface area contributed by atoms with E-state index >= 15 is 0 Å². The molecular formula is C17H35N. The predicted octanol–water partition coefficient (Wildman–Crippen LogP) is 5.62. The molecule has 0 N–H and O–H groups in total. The van der Waals surface area contributed by atoms with Crippen LogP contribution in [0.5, 0.6) is 0 Å². The summed E-state index contributed by atoms with van der Waals surface area (Å²) in [5.41, 5.74) is 1.31. The van der Waals surface area contributed by atoms with E-state index in [1.807, 2.05) is 0 Å². The van der Waals surface area contributed by atoms with Crippen LogP contribution in [0.15, 0.2) is 12.3 Å². The molecule has 108 valence electrons. The third-order valence-electron chi connectivity index (χ3n) is 3.65. The van der Waals surface area contributed by atoms with Gasteiger partial charge in [0.2, 0.25) is 0 Å². The summed E-state index contributed by atoms with van der Waals surface area (Å²) in [6.45, 7) is 12.2. The minimum absolute atomic E-state index is 0.786. The minimum Gasteiger partial charge on any atom is -0.378 e. The van der Waals surface area contributed by atoms with Gasteiger partial charge in [-0.2, -0.15) is 0 Å². The first-order valence-electron chi connectivity index (χ1n) is 7.96. The standard InChI is InChI=1S/C17H35N/c1-6-7-8-9-10-11-12-15-18(5)17(4)14-13-16(2)3/h16H,4,6-15H2,1-3,5H3. The lowest BCUT2D eigenvalue weighted by molar-refractivity contribution is 0.375. The van der Waals surface area contributed by atoms with E-state index in [9.17, 15) is 0 Å². The molecule has 0 amide bonds. The van der Waals surface area contributed by atoms with Gasteiger partial charge in [0.1, 0.15) is 0 Å². The van der Waals surface area contributed by atoms with Gasteiger partial charge in [-0.3, -0.25) is 0 Å². The Balaban J connectivity index is 3.40. The Kier molecular flexibility index (Phi) is 11.3. The van der Waals surface area contributed by atoms with E-state index in [1.54, 1.807) is 0 Å². The number of hydrogen-bond donors (Lipinski definition) is 0. The van der Waals surface area contributed by atoms with Crippen LogP contribution < -0.4 is 0 Å². The predicted molar refractivity (Wildman–Crippen MR) is 83.8 cm³/mol. The van der Waals surface area contributed by atoms with Crippen molar-refractivity contribution in [2.75, 3.05) is 13.6 Å². The molecule has 0 aliphatic carbocycles. The van der Waals surface area contributed by atoms with Crippen molar-refractivity contribution in [3.63, 3.8) is 0 Å². The second-order valence-electron chi connectivity index (χ2n) is 6.04. The Morgan fingerprint density at radius 1 is 1.00 bits per heavy atom. The molecule has 0 aliphatic rings. The van der Waals surface area contributed by atoms with Crippen molar-refractivity contribution in [1.29, 1.82) is 0 Å². The van der Waals surface area contributed by atoms with Crippen LogP contribution in [0.1, 0.15) is 78.6 Å². The molecule has 18 heavy (non-hydrogen) atoms. The average molecular weight is 253 g/mol. The highest BCUT2D eigenvalue weighted by Gasteiger charge is 2.03. The van der Waals surface area contributed by atoms with Crippen molar-refractivity contribution in [2.45, 2.75) is 78.6 Å². The van der Waals surface area contributed by atoms with Crippen LogP contribution in [0, 0.1) is 5.92 Å². The second-order valence-corrected chi connectivity index (χ2v) is 6.04. The average Bonchev–Trinajstić information content (AvgIpc) is 2.34. The Labute approximate surface area is 116 Å². The van der Waals surface area contributed by atoms with Crippen LogP contribution in [0.3, 0.4) is 0 Å². The van der Waals surface area contributed by atoms with E-state index in [1.165, 1.54) is 63.6 Å². The molecule has 0 fully saturated rings. The summed E-state index contributed by atoms with van der Waals surface area (Å²) in [7, 11) is 2.19. The van der Waals surface area contributed by atoms with Crippen LogP contribution in [-0.4, -0.2) is 18.5 Å². The highest BCUT2D eigenvalue weighted by Crippen LogP contribution is 2.14. The molecule has 0 aliphatic heterocycles. The zero-order valence-electron chi connectivity index (χ0n) is 13.3. The fourth-order valence-corrected chi connectivity index (χ4v) is 2.11. The Morgan fingerprint density at radius 2 is 1.56 bits per heavy atom. The Bertz CT molecular complexity index is 196. The zero-order chi connectivity index (χ0) is 13.8. The Hall–Kier alpha value is -0.460. The summed E-state index contributed by atoms with van der Waals surface area (Å²) >= 11 is 0. The van der Waals surface area contributed by atoms with Crippen molar-refractivity contribution in [3.05, 3.63) is 12.3 Å². The first-order chi connectivity index (χ1) is 8.57. The molecule has 0 saturated heterocycles. The maximum atomic E-state index is 4.19. The van der Waals surface area contributed by atoms with Crippen LogP contribution in [0.25, 0.3) is 0 Å². The van der Waals surface area contributed by atoms with E-state index < -0.39 is 0 Å². The van der Waals surface area contributed by atoms with Crippen molar-refractivity contribution >= 4 is 0 Å². The van der Waals surface area contributed by atoms with Gasteiger partial charge in [0.05, 0.1) is 0 Å². The van der Waals surface area contributed by atoms with E-state index in [0.29, 0.717) is 0 Å². The minimum atomic E-state index is 0.786. The molecule has 0 aromatic heterocycles.